The van der Waals surface area contributed by atoms with Gasteiger partial charge in [-0.1, -0.05) is 18.2 Å². The molecule has 1 aliphatic rings. The standard InChI is InChI=1S/C18H25N5O2/c1-3-19-16(24)13-22-11-9-14(10-12-22)17-20-21(2)18(25)23(17)15-7-5-4-6-8-15/h4-8,14H,3,9-13H2,1-2H3,(H,19,24). The van der Waals surface area contributed by atoms with Crippen LogP contribution in [-0.2, 0) is 11.8 Å². The Morgan fingerprint density at radius 1 is 1.24 bits per heavy atom. The van der Waals surface area contributed by atoms with Crippen molar-refractivity contribution in [3.63, 3.8) is 0 Å². The molecule has 3 rings (SSSR count). The molecule has 1 N–H and O–H groups in total. The second kappa shape index (κ2) is 7.65. The van der Waals surface area contributed by atoms with E-state index in [-0.39, 0.29) is 17.5 Å². The van der Waals surface area contributed by atoms with Crippen molar-refractivity contribution in [1.29, 1.82) is 0 Å². The van der Waals surface area contributed by atoms with Gasteiger partial charge in [0.25, 0.3) is 0 Å². The lowest BCUT2D eigenvalue weighted by Crippen LogP contribution is -2.41. The van der Waals surface area contributed by atoms with Crippen LogP contribution in [0, 0.1) is 0 Å². The molecule has 1 aromatic carbocycles. The molecule has 0 radical (unpaired) electrons. The molecule has 0 aliphatic carbocycles. The molecule has 1 saturated heterocycles. The van der Waals surface area contributed by atoms with Crippen molar-refractivity contribution in [3.8, 4) is 5.69 Å². The van der Waals surface area contributed by atoms with Crippen LogP contribution in [0.2, 0.25) is 0 Å². The maximum Gasteiger partial charge on any atom is 0.350 e. The van der Waals surface area contributed by atoms with Gasteiger partial charge in [-0.05, 0) is 45.0 Å². The van der Waals surface area contributed by atoms with E-state index in [4.69, 9.17) is 0 Å². The summed E-state index contributed by atoms with van der Waals surface area (Å²) in [5.41, 5.74) is 0.728. The number of carbonyl (C=O) groups is 1. The molecule has 1 aliphatic heterocycles. The number of aryl methyl sites for hydroxylation is 1. The average molecular weight is 343 g/mol. The van der Waals surface area contributed by atoms with Gasteiger partial charge in [0.15, 0.2) is 0 Å². The van der Waals surface area contributed by atoms with Crippen molar-refractivity contribution >= 4 is 5.91 Å². The first-order chi connectivity index (χ1) is 12.1. The number of aromatic nitrogens is 3. The second-order valence-electron chi connectivity index (χ2n) is 6.44. The summed E-state index contributed by atoms with van der Waals surface area (Å²) in [4.78, 5) is 26.4. The smallest absolute Gasteiger partial charge is 0.350 e. The molecule has 1 amide bonds. The molecule has 0 saturated carbocycles. The Balaban J connectivity index is 1.75. The molecule has 2 heterocycles. The zero-order chi connectivity index (χ0) is 17.8. The number of hydrogen-bond donors (Lipinski definition) is 1. The highest BCUT2D eigenvalue weighted by Gasteiger charge is 2.27. The summed E-state index contributed by atoms with van der Waals surface area (Å²) in [5.74, 6) is 1.11. The normalized spacial score (nSPS) is 16.1. The van der Waals surface area contributed by atoms with Crippen molar-refractivity contribution < 1.29 is 4.79 Å². The number of nitrogens with one attached hydrogen (secondary N) is 1. The average Bonchev–Trinajstić information content (AvgIpc) is 2.92. The second-order valence-corrected chi connectivity index (χ2v) is 6.44. The Hall–Kier alpha value is -2.41. The van der Waals surface area contributed by atoms with E-state index in [2.05, 4.69) is 15.3 Å². The highest BCUT2D eigenvalue weighted by Crippen LogP contribution is 2.27. The molecule has 1 fully saturated rings. The molecular formula is C18H25N5O2. The Morgan fingerprint density at radius 3 is 2.56 bits per heavy atom. The Bertz CT molecular complexity index is 773. The summed E-state index contributed by atoms with van der Waals surface area (Å²) in [6, 6.07) is 9.64. The summed E-state index contributed by atoms with van der Waals surface area (Å²) >= 11 is 0. The van der Waals surface area contributed by atoms with Crippen molar-refractivity contribution in [3.05, 3.63) is 46.6 Å². The quantitative estimate of drug-likeness (QED) is 0.875. The molecule has 0 unspecified atom stereocenters. The van der Waals surface area contributed by atoms with E-state index in [0.29, 0.717) is 13.1 Å². The topological polar surface area (TPSA) is 72.2 Å². The maximum atomic E-state index is 12.5. The van der Waals surface area contributed by atoms with Crippen LogP contribution in [0.25, 0.3) is 5.69 Å². The van der Waals surface area contributed by atoms with Crippen LogP contribution < -0.4 is 11.0 Å². The number of benzene rings is 1. The third-order valence-electron chi connectivity index (χ3n) is 4.66. The number of nitrogens with zero attached hydrogens (tertiary/aromatic N) is 4. The van der Waals surface area contributed by atoms with E-state index < -0.39 is 0 Å². The van der Waals surface area contributed by atoms with E-state index in [9.17, 15) is 9.59 Å². The Kier molecular flexibility index (Phi) is 5.33. The predicted molar refractivity (Wildman–Crippen MR) is 95.9 cm³/mol. The van der Waals surface area contributed by atoms with Gasteiger partial charge in [-0.15, -0.1) is 0 Å². The summed E-state index contributed by atoms with van der Waals surface area (Å²) < 4.78 is 3.12. The van der Waals surface area contributed by atoms with E-state index in [1.54, 1.807) is 11.6 Å². The highest BCUT2D eigenvalue weighted by molar-refractivity contribution is 5.77. The number of rotatable bonds is 5. The van der Waals surface area contributed by atoms with Gasteiger partial charge in [0.2, 0.25) is 5.91 Å². The van der Waals surface area contributed by atoms with Crippen molar-refractivity contribution in [2.24, 2.45) is 7.05 Å². The van der Waals surface area contributed by atoms with Gasteiger partial charge in [-0.25, -0.2) is 14.0 Å². The van der Waals surface area contributed by atoms with Gasteiger partial charge in [0, 0.05) is 19.5 Å². The fraction of sp³-hybridized carbons (Fsp3) is 0.500. The zero-order valence-electron chi connectivity index (χ0n) is 14.8. The molecule has 7 heteroatoms. The van der Waals surface area contributed by atoms with Crippen LogP contribution >= 0.6 is 0 Å². The Labute approximate surface area is 147 Å². The number of likely N-dealkylation sites (N-methyl/N-ethyl adjacent to an activating group) is 1. The van der Waals surface area contributed by atoms with E-state index in [1.807, 2.05) is 37.3 Å². The van der Waals surface area contributed by atoms with Crippen molar-refractivity contribution in [2.45, 2.75) is 25.7 Å². The lowest BCUT2D eigenvalue weighted by molar-refractivity contribution is -0.122. The molecule has 0 spiro atoms. The highest BCUT2D eigenvalue weighted by atomic mass is 16.2. The third-order valence-corrected chi connectivity index (χ3v) is 4.66. The summed E-state index contributed by atoms with van der Waals surface area (Å²) in [5, 5.41) is 7.33. The first kappa shape index (κ1) is 17.4. The maximum absolute atomic E-state index is 12.5. The van der Waals surface area contributed by atoms with E-state index >= 15 is 0 Å². The minimum atomic E-state index is -0.119. The predicted octanol–water partition coefficient (Wildman–Crippen LogP) is 0.887. The van der Waals surface area contributed by atoms with Crippen LogP contribution in [0.1, 0.15) is 31.5 Å². The van der Waals surface area contributed by atoms with Crippen LogP contribution in [0.3, 0.4) is 0 Å². The number of hydrogen-bond acceptors (Lipinski definition) is 4. The monoisotopic (exact) mass is 343 g/mol. The molecule has 1 aromatic heterocycles. The van der Waals surface area contributed by atoms with Gasteiger partial charge in [0.1, 0.15) is 5.82 Å². The molecular weight excluding hydrogens is 318 g/mol. The van der Waals surface area contributed by atoms with E-state index in [0.717, 1.165) is 37.4 Å². The van der Waals surface area contributed by atoms with Crippen LogP contribution in [0.4, 0.5) is 0 Å². The zero-order valence-corrected chi connectivity index (χ0v) is 14.8. The molecule has 7 nitrogen and oxygen atoms in total. The van der Waals surface area contributed by atoms with Crippen LogP contribution in [-0.4, -0.2) is 51.3 Å². The van der Waals surface area contributed by atoms with E-state index in [1.165, 1.54) is 4.68 Å². The van der Waals surface area contributed by atoms with Gasteiger partial charge in [0.05, 0.1) is 12.2 Å². The van der Waals surface area contributed by atoms with Gasteiger partial charge < -0.3 is 5.32 Å². The van der Waals surface area contributed by atoms with Crippen LogP contribution in [0.15, 0.2) is 35.1 Å². The molecule has 25 heavy (non-hydrogen) atoms. The minimum Gasteiger partial charge on any atom is -0.355 e. The third kappa shape index (κ3) is 3.82. The number of carbonyl (C=O) groups excluding carboxylic acids is 1. The molecule has 134 valence electrons. The number of amides is 1. The van der Waals surface area contributed by atoms with Crippen LogP contribution in [0.5, 0.6) is 0 Å². The molecule has 2 aromatic rings. The largest absolute Gasteiger partial charge is 0.355 e. The number of likely N-dealkylation sites (tertiary alicyclic amines) is 1. The minimum absolute atomic E-state index is 0.0694. The first-order valence-corrected chi connectivity index (χ1v) is 8.80. The fourth-order valence-corrected chi connectivity index (χ4v) is 3.37. The SMILES string of the molecule is CCNC(=O)CN1CCC(c2nn(C)c(=O)n2-c2ccccc2)CC1. The van der Waals surface area contributed by atoms with Gasteiger partial charge in [-0.3, -0.25) is 9.69 Å². The number of para-hydroxylation sites is 1. The van der Waals surface area contributed by atoms with Crippen molar-refractivity contribution in [1.82, 2.24) is 24.6 Å². The summed E-state index contributed by atoms with van der Waals surface area (Å²) in [6.45, 7) is 4.69. The summed E-state index contributed by atoms with van der Waals surface area (Å²) in [7, 11) is 1.69. The van der Waals surface area contributed by atoms with Gasteiger partial charge >= 0.3 is 5.69 Å². The fourth-order valence-electron chi connectivity index (χ4n) is 3.37. The summed E-state index contributed by atoms with van der Waals surface area (Å²) in [6.07, 6.45) is 1.78. The Morgan fingerprint density at radius 2 is 1.92 bits per heavy atom. The molecule has 0 atom stereocenters. The van der Waals surface area contributed by atoms with Gasteiger partial charge in [-0.2, -0.15) is 5.10 Å². The van der Waals surface area contributed by atoms with Crippen molar-refractivity contribution in [2.75, 3.05) is 26.2 Å². The molecule has 0 bridgehead atoms. The first-order valence-electron chi connectivity index (χ1n) is 8.80. The lowest BCUT2D eigenvalue weighted by Gasteiger charge is -2.30. The number of piperidine rings is 1. The lowest BCUT2D eigenvalue weighted by atomic mass is 9.95.